The van der Waals surface area contributed by atoms with E-state index in [4.69, 9.17) is 11.6 Å². The molecular formula is C10H14ClN5. The largest absolute Gasteiger partial charge is 0.199 e. The lowest BCUT2D eigenvalue weighted by Gasteiger charge is -2.24. The fourth-order valence-electron chi connectivity index (χ4n) is 1.29. The number of rotatable bonds is 2. The van der Waals surface area contributed by atoms with Crippen molar-refractivity contribution in [3.05, 3.63) is 17.8 Å². The maximum atomic E-state index is 6.32. The predicted molar refractivity (Wildman–Crippen MR) is 61.4 cm³/mol. The molecule has 0 saturated heterocycles. The molecule has 2 rings (SSSR count). The molecule has 0 bridgehead atoms. The van der Waals surface area contributed by atoms with Crippen molar-refractivity contribution in [1.29, 1.82) is 0 Å². The lowest BCUT2D eigenvalue weighted by atomic mass is 9.89. The van der Waals surface area contributed by atoms with Gasteiger partial charge >= 0.3 is 0 Å². The van der Waals surface area contributed by atoms with E-state index in [9.17, 15) is 0 Å². The van der Waals surface area contributed by atoms with E-state index in [2.05, 4.69) is 41.4 Å². The molecule has 0 amide bonds. The van der Waals surface area contributed by atoms with Gasteiger partial charge in [0.25, 0.3) is 0 Å². The Morgan fingerprint density at radius 2 is 2.12 bits per heavy atom. The summed E-state index contributed by atoms with van der Waals surface area (Å²) in [6.07, 6.45) is 0.709. The third kappa shape index (κ3) is 2.29. The number of hydrogen-bond acceptors (Lipinski definition) is 4. The van der Waals surface area contributed by atoms with Crippen molar-refractivity contribution in [2.24, 2.45) is 5.41 Å². The molecule has 5 nitrogen and oxygen atoms in total. The van der Waals surface area contributed by atoms with E-state index in [0.717, 1.165) is 5.69 Å². The van der Waals surface area contributed by atoms with Crippen LogP contribution in [-0.4, -0.2) is 30.6 Å². The molecule has 0 fully saturated rings. The van der Waals surface area contributed by atoms with Crippen LogP contribution in [0.25, 0.3) is 5.65 Å². The van der Waals surface area contributed by atoms with Crippen molar-refractivity contribution < 1.29 is 0 Å². The van der Waals surface area contributed by atoms with Gasteiger partial charge in [-0.25, -0.2) is 0 Å². The zero-order chi connectivity index (χ0) is 11.8. The standard InChI is InChI=1S/C10H14ClN5/c1-10(2,3)8(11)6-7-4-5-9-12-14-15-16(9)13-7/h4-5,8H,6H2,1-3H3. The van der Waals surface area contributed by atoms with Gasteiger partial charge in [0.05, 0.1) is 5.69 Å². The van der Waals surface area contributed by atoms with E-state index in [1.165, 1.54) is 4.63 Å². The number of hydrogen-bond donors (Lipinski definition) is 0. The Morgan fingerprint density at radius 3 is 2.81 bits per heavy atom. The highest BCUT2D eigenvalue weighted by molar-refractivity contribution is 6.21. The molecule has 0 aromatic carbocycles. The summed E-state index contributed by atoms with van der Waals surface area (Å²) in [4.78, 5) is 0. The van der Waals surface area contributed by atoms with Crippen LogP contribution in [0.3, 0.4) is 0 Å². The summed E-state index contributed by atoms with van der Waals surface area (Å²) in [5.41, 5.74) is 1.60. The van der Waals surface area contributed by atoms with E-state index in [1.54, 1.807) is 0 Å². The second kappa shape index (κ2) is 3.97. The van der Waals surface area contributed by atoms with Gasteiger partial charge in [-0.2, -0.15) is 5.10 Å². The van der Waals surface area contributed by atoms with Crippen LogP contribution in [0, 0.1) is 5.41 Å². The van der Waals surface area contributed by atoms with Gasteiger partial charge in [0.15, 0.2) is 5.65 Å². The minimum Gasteiger partial charge on any atom is -0.152 e. The Morgan fingerprint density at radius 1 is 1.38 bits per heavy atom. The Bertz CT molecular complexity index is 487. The van der Waals surface area contributed by atoms with Gasteiger partial charge < -0.3 is 0 Å². The summed E-state index contributed by atoms with van der Waals surface area (Å²) < 4.78 is 1.42. The first-order valence-corrected chi connectivity index (χ1v) is 5.59. The first-order valence-electron chi connectivity index (χ1n) is 5.15. The topological polar surface area (TPSA) is 56.0 Å². The van der Waals surface area contributed by atoms with Crippen molar-refractivity contribution in [3.63, 3.8) is 0 Å². The van der Waals surface area contributed by atoms with Crippen LogP contribution in [0.1, 0.15) is 26.5 Å². The molecule has 0 saturated carbocycles. The molecular weight excluding hydrogens is 226 g/mol. The summed E-state index contributed by atoms with van der Waals surface area (Å²) >= 11 is 6.32. The average molecular weight is 240 g/mol. The number of tetrazole rings is 1. The quantitative estimate of drug-likeness (QED) is 0.749. The number of halogens is 1. The van der Waals surface area contributed by atoms with Crippen LogP contribution in [0.2, 0.25) is 0 Å². The number of nitrogens with zero attached hydrogens (tertiary/aromatic N) is 5. The Kier molecular flexibility index (Phi) is 2.80. The smallest absolute Gasteiger partial charge is 0.152 e. The molecule has 1 atom stereocenters. The Hall–Kier alpha value is -1.23. The lowest BCUT2D eigenvalue weighted by molar-refractivity contribution is 0.383. The van der Waals surface area contributed by atoms with Crippen molar-refractivity contribution in [1.82, 2.24) is 25.3 Å². The van der Waals surface area contributed by atoms with Gasteiger partial charge in [-0.15, -0.1) is 21.3 Å². The van der Waals surface area contributed by atoms with Crippen molar-refractivity contribution in [3.8, 4) is 0 Å². The van der Waals surface area contributed by atoms with Crippen LogP contribution in [0.5, 0.6) is 0 Å². The van der Waals surface area contributed by atoms with E-state index >= 15 is 0 Å². The first kappa shape index (κ1) is 11.3. The molecule has 0 N–H and O–H groups in total. The highest BCUT2D eigenvalue weighted by Gasteiger charge is 2.23. The normalized spacial score (nSPS) is 14.2. The minimum absolute atomic E-state index is 0.0360. The van der Waals surface area contributed by atoms with Gasteiger partial charge in [-0.1, -0.05) is 20.8 Å². The summed E-state index contributed by atoms with van der Waals surface area (Å²) in [5, 5.41) is 15.4. The summed E-state index contributed by atoms with van der Waals surface area (Å²) in [5.74, 6) is 0. The molecule has 2 aromatic heterocycles. The van der Waals surface area contributed by atoms with Gasteiger partial charge in [-0.3, -0.25) is 0 Å². The molecule has 0 aliphatic rings. The zero-order valence-electron chi connectivity index (χ0n) is 9.55. The van der Waals surface area contributed by atoms with E-state index < -0.39 is 0 Å². The Balaban J connectivity index is 2.21. The van der Waals surface area contributed by atoms with Gasteiger partial charge in [-0.05, 0) is 28.0 Å². The summed E-state index contributed by atoms with van der Waals surface area (Å²) in [7, 11) is 0. The van der Waals surface area contributed by atoms with Gasteiger partial charge in [0.1, 0.15) is 0 Å². The molecule has 2 aromatic rings. The van der Waals surface area contributed by atoms with Crippen LogP contribution >= 0.6 is 11.6 Å². The fourth-order valence-corrected chi connectivity index (χ4v) is 1.44. The second-order valence-electron chi connectivity index (χ2n) is 4.89. The summed E-state index contributed by atoms with van der Waals surface area (Å²) in [6, 6.07) is 3.75. The summed E-state index contributed by atoms with van der Waals surface area (Å²) in [6.45, 7) is 6.33. The van der Waals surface area contributed by atoms with E-state index in [-0.39, 0.29) is 10.8 Å². The molecule has 16 heavy (non-hydrogen) atoms. The minimum atomic E-state index is 0.0360. The van der Waals surface area contributed by atoms with E-state index in [1.807, 2.05) is 12.1 Å². The third-order valence-electron chi connectivity index (χ3n) is 2.45. The number of alkyl halides is 1. The molecule has 86 valence electrons. The average Bonchev–Trinajstić information content (AvgIpc) is 2.63. The second-order valence-corrected chi connectivity index (χ2v) is 5.42. The number of fused-ring (bicyclic) bond motifs is 1. The molecule has 1 unspecified atom stereocenters. The zero-order valence-corrected chi connectivity index (χ0v) is 10.3. The number of aromatic nitrogens is 5. The highest BCUT2D eigenvalue weighted by atomic mass is 35.5. The maximum Gasteiger partial charge on any atom is 0.199 e. The third-order valence-corrected chi connectivity index (χ3v) is 3.26. The monoisotopic (exact) mass is 239 g/mol. The first-order chi connectivity index (χ1) is 7.47. The molecule has 0 aliphatic heterocycles. The van der Waals surface area contributed by atoms with Crippen LogP contribution in [0.15, 0.2) is 12.1 Å². The van der Waals surface area contributed by atoms with Crippen molar-refractivity contribution in [2.75, 3.05) is 0 Å². The van der Waals surface area contributed by atoms with Crippen LogP contribution in [0.4, 0.5) is 0 Å². The lowest BCUT2D eigenvalue weighted by Crippen LogP contribution is -2.23. The van der Waals surface area contributed by atoms with Crippen LogP contribution < -0.4 is 0 Å². The molecule has 0 spiro atoms. The van der Waals surface area contributed by atoms with Crippen molar-refractivity contribution in [2.45, 2.75) is 32.6 Å². The van der Waals surface area contributed by atoms with E-state index in [0.29, 0.717) is 12.1 Å². The molecule has 0 radical (unpaired) electrons. The van der Waals surface area contributed by atoms with Gasteiger partial charge in [0, 0.05) is 11.8 Å². The fraction of sp³-hybridized carbons (Fsp3) is 0.600. The SMILES string of the molecule is CC(C)(C)C(Cl)Cc1ccc2nnnn2n1. The predicted octanol–water partition coefficient (Wildman–Crippen LogP) is 1.72. The van der Waals surface area contributed by atoms with Gasteiger partial charge in [0.2, 0.25) is 0 Å². The molecule has 0 aliphatic carbocycles. The highest BCUT2D eigenvalue weighted by Crippen LogP contribution is 2.26. The van der Waals surface area contributed by atoms with Crippen LogP contribution in [-0.2, 0) is 6.42 Å². The van der Waals surface area contributed by atoms with Crippen molar-refractivity contribution >= 4 is 17.2 Å². The molecule has 6 heteroatoms. The maximum absolute atomic E-state index is 6.32. The Labute approximate surface area is 98.8 Å². The molecule has 2 heterocycles.